The minimum absolute atomic E-state index is 0.0387. The van der Waals surface area contributed by atoms with Crippen molar-refractivity contribution < 1.29 is 14.4 Å². The van der Waals surface area contributed by atoms with E-state index in [9.17, 15) is 14.4 Å². The summed E-state index contributed by atoms with van der Waals surface area (Å²) in [5.74, 6) is -1.04. The third kappa shape index (κ3) is 4.76. The number of amides is 1. The summed E-state index contributed by atoms with van der Waals surface area (Å²) in [5.41, 5.74) is 2.08. The number of hydrogen-bond donors (Lipinski definition) is 1. The van der Waals surface area contributed by atoms with Gasteiger partial charge in [-0.25, -0.2) is 0 Å². The van der Waals surface area contributed by atoms with Crippen LogP contribution in [0.25, 0.3) is 5.57 Å². The fourth-order valence-corrected chi connectivity index (χ4v) is 4.67. The summed E-state index contributed by atoms with van der Waals surface area (Å²) in [6.45, 7) is 0. The van der Waals surface area contributed by atoms with Crippen molar-refractivity contribution in [2.45, 2.75) is 0 Å². The Bertz CT molecular complexity index is 1270. The van der Waals surface area contributed by atoms with Gasteiger partial charge in [-0.3, -0.25) is 14.4 Å². The zero-order valence-corrected chi connectivity index (χ0v) is 19.4. The lowest BCUT2D eigenvalue weighted by molar-refractivity contribution is -0.110. The average molecular weight is 503 g/mol. The average Bonchev–Trinajstić information content (AvgIpc) is 3.09. The van der Waals surface area contributed by atoms with Crippen LogP contribution in [0.15, 0.2) is 71.6 Å². The van der Waals surface area contributed by atoms with Crippen molar-refractivity contribution in [1.29, 1.82) is 0 Å². The van der Waals surface area contributed by atoms with Crippen LogP contribution in [-0.2, 0) is 4.79 Å². The molecule has 3 aromatic rings. The summed E-state index contributed by atoms with van der Waals surface area (Å²) >= 11 is 19.0. The molecule has 32 heavy (non-hydrogen) atoms. The largest absolute Gasteiger partial charge is 0.321 e. The third-order valence-corrected chi connectivity index (χ3v) is 6.60. The highest BCUT2D eigenvalue weighted by atomic mass is 35.5. The number of rotatable bonds is 6. The van der Waals surface area contributed by atoms with Crippen LogP contribution in [0.4, 0.5) is 5.69 Å². The molecule has 0 atom stereocenters. The number of hydrogen-bond acceptors (Lipinski definition) is 4. The molecule has 0 fully saturated rings. The Morgan fingerprint density at radius 1 is 0.781 bits per heavy atom. The van der Waals surface area contributed by atoms with Crippen LogP contribution in [-0.4, -0.2) is 23.2 Å². The van der Waals surface area contributed by atoms with Crippen LogP contribution < -0.4 is 5.32 Å². The van der Waals surface area contributed by atoms with Crippen LogP contribution in [0.3, 0.4) is 0 Å². The third-order valence-electron chi connectivity index (χ3n) is 4.78. The van der Waals surface area contributed by atoms with Crippen LogP contribution in [0.1, 0.15) is 26.3 Å². The molecule has 1 heterocycles. The first-order valence-corrected chi connectivity index (χ1v) is 11.5. The lowest BCUT2D eigenvalue weighted by atomic mass is 10.0. The fraction of sp³-hybridized carbons (Fsp3) is 0.0417. The van der Waals surface area contributed by atoms with E-state index in [1.165, 1.54) is 0 Å². The molecule has 0 saturated heterocycles. The van der Waals surface area contributed by atoms with Crippen molar-refractivity contribution in [2.24, 2.45) is 0 Å². The fourth-order valence-electron chi connectivity index (χ4n) is 3.21. The first kappa shape index (κ1) is 22.6. The maximum atomic E-state index is 13.4. The Hall–Kier alpha value is -2.57. The first-order chi connectivity index (χ1) is 15.3. The van der Waals surface area contributed by atoms with Gasteiger partial charge in [-0.2, -0.15) is 0 Å². The highest BCUT2D eigenvalue weighted by Crippen LogP contribution is 2.40. The van der Waals surface area contributed by atoms with Crippen molar-refractivity contribution >= 4 is 75.3 Å². The SMILES string of the molecule is O=C1Nc2ccc(Cl)cc2/C1=C(/SCC(=O)c1ccc(Cl)cc1)C(=O)c1ccc(Cl)cc1. The summed E-state index contributed by atoms with van der Waals surface area (Å²) in [4.78, 5) is 39.1. The van der Waals surface area contributed by atoms with Gasteiger partial charge in [0.2, 0.25) is 0 Å². The van der Waals surface area contributed by atoms with Crippen molar-refractivity contribution in [3.05, 3.63) is 103 Å². The monoisotopic (exact) mass is 501 g/mol. The summed E-state index contributed by atoms with van der Waals surface area (Å²) in [5, 5.41) is 4.19. The molecular weight excluding hydrogens is 489 g/mol. The Morgan fingerprint density at radius 2 is 1.34 bits per heavy atom. The number of carbonyl (C=O) groups is 3. The van der Waals surface area contributed by atoms with E-state index in [0.29, 0.717) is 37.4 Å². The number of nitrogens with one attached hydrogen (secondary N) is 1. The van der Waals surface area contributed by atoms with Crippen molar-refractivity contribution in [2.75, 3.05) is 11.1 Å². The van der Waals surface area contributed by atoms with E-state index in [0.717, 1.165) is 11.8 Å². The highest BCUT2D eigenvalue weighted by Gasteiger charge is 2.31. The predicted molar refractivity (Wildman–Crippen MR) is 131 cm³/mol. The molecular formula is C24H14Cl3NO3S. The number of benzene rings is 3. The van der Waals surface area contributed by atoms with Crippen molar-refractivity contribution in [1.82, 2.24) is 0 Å². The Balaban J connectivity index is 1.75. The summed E-state index contributed by atoms with van der Waals surface area (Å²) < 4.78 is 0. The van der Waals surface area contributed by atoms with Gasteiger partial charge >= 0.3 is 0 Å². The maximum Gasteiger partial charge on any atom is 0.257 e. The standard InChI is InChI=1S/C24H14Cl3NO3S/c25-15-5-1-13(2-6-15)20(29)12-32-23(22(30)14-3-7-16(26)8-4-14)21-18-11-17(27)9-10-19(18)28-24(21)31/h1-11H,12H2,(H,28,31)/b23-21-. The molecule has 0 radical (unpaired) electrons. The van der Waals surface area contributed by atoms with Crippen molar-refractivity contribution in [3.63, 3.8) is 0 Å². The normalized spacial score (nSPS) is 14.0. The van der Waals surface area contributed by atoms with Gasteiger partial charge in [-0.1, -0.05) is 34.8 Å². The van der Waals surface area contributed by atoms with Crippen LogP contribution in [0.5, 0.6) is 0 Å². The minimum atomic E-state index is -0.425. The van der Waals surface area contributed by atoms with E-state index in [2.05, 4.69) is 5.32 Å². The first-order valence-electron chi connectivity index (χ1n) is 9.41. The smallest absolute Gasteiger partial charge is 0.257 e. The molecule has 4 nitrogen and oxygen atoms in total. The Kier molecular flexibility index (Phi) is 6.72. The van der Waals surface area contributed by atoms with Gasteiger partial charge < -0.3 is 5.32 Å². The quantitative estimate of drug-likeness (QED) is 0.297. The van der Waals surface area contributed by atoms with Crippen LogP contribution in [0, 0.1) is 0 Å². The molecule has 1 N–H and O–H groups in total. The Morgan fingerprint density at radius 3 is 1.97 bits per heavy atom. The maximum absolute atomic E-state index is 13.4. The Labute approximate surface area is 203 Å². The molecule has 0 aliphatic carbocycles. The second kappa shape index (κ2) is 9.51. The van der Waals surface area contributed by atoms with Crippen molar-refractivity contribution in [3.8, 4) is 0 Å². The zero-order valence-electron chi connectivity index (χ0n) is 16.3. The second-order valence-corrected chi connectivity index (χ2v) is 9.20. The molecule has 0 spiro atoms. The predicted octanol–water partition coefficient (Wildman–Crippen LogP) is 6.81. The summed E-state index contributed by atoms with van der Waals surface area (Å²) in [7, 11) is 0. The van der Waals surface area contributed by atoms with Crippen LogP contribution >= 0.6 is 46.6 Å². The van der Waals surface area contributed by atoms with E-state index in [4.69, 9.17) is 34.8 Å². The molecule has 4 rings (SSSR count). The molecule has 1 amide bonds. The van der Waals surface area contributed by atoms with Gasteiger partial charge in [-0.05, 0) is 66.7 Å². The molecule has 0 aromatic heterocycles. The number of thioether (sulfide) groups is 1. The lowest BCUT2D eigenvalue weighted by Crippen LogP contribution is -2.12. The van der Waals surface area contributed by atoms with Crippen LogP contribution in [0.2, 0.25) is 15.1 Å². The van der Waals surface area contributed by atoms with Gasteiger partial charge in [0.1, 0.15) is 0 Å². The van der Waals surface area contributed by atoms with E-state index < -0.39 is 5.91 Å². The van der Waals surface area contributed by atoms with Gasteiger partial charge in [0.25, 0.3) is 5.91 Å². The number of allylic oxidation sites excluding steroid dienone is 1. The van der Waals surface area contributed by atoms with E-state index >= 15 is 0 Å². The molecule has 3 aromatic carbocycles. The van der Waals surface area contributed by atoms with Gasteiger partial charge in [0, 0.05) is 37.4 Å². The second-order valence-electron chi connectivity index (χ2n) is 6.90. The van der Waals surface area contributed by atoms with Gasteiger partial charge in [0.05, 0.1) is 16.2 Å². The molecule has 0 unspecified atom stereocenters. The number of halogens is 3. The highest BCUT2D eigenvalue weighted by molar-refractivity contribution is 8.04. The lowest BCUT2D eigenvalue weighted by Gasteiger charge is -2.11. The molecule has 1 aliphatic rings. The molecule has 1 aliphatic heterocycles. The van der Waals surface area contributed by atoms with E-state index in [-0.39, 0.29) is 27.8 Å². The summed E-state index contributed by atoms with van der Waals surface area (Å²) in [6, 6.07) is 17.8. The molecule has 160 valence electrons. The van der Waals surface area contributed by atoms with E-state index in [1.807, 2.05) is 0 Å². The number of carbonyl (C=O) groups excluding carboxylic acids is 3. The molecule has 8 heteroatoms. The van der Waals surface area contributed by atoms with Gasteiger partial charge in [0.15, 0.2) is 11.6 Å². The zero-order chi connectivity index (χ0) is 22.8. The number of anilines is 1. The number of ketones is 2. The van der Waals surface area contributed by atoms with E-state index in [1.54, 1.807) is 66.7 Å². The van der Waals surface area contributed by atoms with Gasteiger partial charge in [-0.15, -0.1) is 11.8 Å². The number of fused-ring (bicyclic) bond motifs is 1. The number of Topliss-reactive ketones (excluding diaryl/α,β-unsaturated/α-hetero) is 2. The molecule has 0 bridgehead atoms. The molecule has 0 saturated carbocycles. The minimum Gasteiger partial charge on any atom is -0.321 e. The summed E-state index contributed by atoms with van der Waals surface area (Å²) in [6.07, 6.45) is 0. The topological polar surface area (TPSA) is 63.2 Å².